The monoisotopic (exact) mass is 498 g/mol. The molecule has 5 aromatic carbocycles. The summed E-state index contributed by atoms with van der Waals surface area (Å²) in [5.41, 5.74) is 7.49. The fourth-order valence-electron chi connectivity index (χ4n) is 5.65. The Hall–Kier alpha value is -5.21. The van der Waals surface area contributed by atoms with Gasteiger partial charge in [0.05, 0.1) is 5.69 Å². The second-order valence-electron chi connectivity index (χ2n) is 9.80. The molecule has 0 spiro atoms. The number of rotatable bonds is 5. The van der Waals surface area contributed by atoms with Crippen LogP contribution in [-0.4, -0.2) is 9.38 Å². The van der Waals surface area contributed by atoms with Crippen molar-refractivity contribution in [2.45, 2.75) is 0 Å². The van der Waals surface area contributed by atoms with Gasteiger partial charge >= 0.3 is 0 Å². The number of fused-ring (bicyclic) bond motifs is 6. The lowest BCUT2D eigenvalue weighted by molar-refractivity contribution is 1.18. The molecule has 0 fully saturated rings. The van der Waals surface area contributed by atoms with Crippen LogP contribution in [-0.2, 0) is 0 Å². The molecule has 0 saturated heterocycles. The van der Waals surface area contributed by atoms with Gasteiger partial charge in [0.2, 0.25) is 0 Å². The highest BCUT2D eigenvalue weighted by Gasteiger charge is 2.12. The number of nitrogens with zero attached hydrogens (tertiary/aromatic N) is 2. The summed E-state index contributed by atoms with van der Waals surface area (Å²) in [6.07, 6.45) is 9.76. The molecule has 7 rings (SSSR count). The van der Waals surface area contributed by atoms with E-state index in [-0.39, 0.29) is 0 Å². The number of aromatic nitrogens is 2. The summed E-state index contributed by atoms with van der Waals surface area (Å²) in [5, 5.41) is 7.68. The predicted octanol–water partition coefficient (Wildman–Crippen LogP) is 9.88. The molecule has 2 heterocycles. The van der Waals surface area contributed by atoms with Crippen molar-refractivity contribution in [3.8, 4) is 22.4 Å². The van der Waals surface area contributed by atoms with Gasteiger partial charge in [0.1, 0.15) is 5.65 Å². The lowest BCUT2D eigenvalue weighted by Crippen LogP contribution is -1.87. The fraction of sp³-hybridized carbons (Fsp3) is 0. The zero-order valence-corrected chi connectivity index (χ0v) is 21.5. The van der Waals surface area contributed by atoms with Gasteiger partial charge in [0, 0.05) is 18.0 Å². The second-order valence-corrected chi connectivity index (χ2v) is 9.80. The topological polar surface area (TPSA) is 17.3 Å². The maximum atomic E-state index is 4.87. The molecule has 0 N–H and O–H groups in total. The van der Waals surface area contributed by atoms with Crippen LogP contribution in [0.5, 0.6) is 0 Å². The Morgan fingerprint density at radius 2 is 1.38 bits per heavy atom. The Balaban J connectivity index is 1.32. The first-order valence-corrected chi connectivity index (χ1v) is 13.1. The van der Waals surface area contributed by atoms with E-state index in [1.54, 1.807) is 6.08 Å². The highest BCUT2D eigenvalue weighted by atomic mass is 15.0. The van der Waals surface area contributed by atoms with Gasteiger partial charge in [-0.2, -0.15) is 0 Å². The lowest BCUT2D eigenvalue weighted by Gasteiger charge is -2.13. The summed E-state index contributed by atoms with van der Waals surface area (Å²) >= 11 is 0. The van der Waals surface area contributed by atoms with Crippen LogP contribution < -0.4 is 0 Å². The average Bonchev–Trinajstić information content (AvgIpc) is 3.43. The minimum atomic E-state index is 0.910. The molecule has 0 amide bonds. The smallest absolute Gasteiger partial charge is 0.137 e. The largest absolute Gasteiger partial charge is 0.306 e. The zero-order chi connectivity index (χ0) is 26.3. The van der Waals surface area contributed by atoms with Gasteiger partial charge < -0.3 is 4.40 Å². The minimum Gasteiger partial charge on any atom is -0.306 e. The van der Waals surface area contributed by atoms with Crippen LogP contribution in [0.4, 0.5) is 0 Å². The highest BCUT2D eigenvalue weighted by Crippen LogP contribution is 2.38. The molecule has 0 aliphatic rings. The number of hydrogen-bond acceptors (Lipinski definition) is 1. The first-order chi connectivity index (χ1) is 19.2. The lowest BCUT2D eigenvalue weighted by atomic mass is 9.90. The molecule has 184 valence electrons. The van der Waals surface area contributed by atoms with Crippen molar-refractivity contribution in [1.29, 1.82) is 0 Å². The van der Waals surface area contributed by atoms with Crippen LogP contribution in [0.15, 0.2) is 147 Å². The van der Waals surface area contributed by atoms with E-state index >= 15 is 0 Å². The average molecular weight is 499 g/mol. The standard InChI is InChI=1S/C37H26N2/c1-3-9-25(4-2)30-20-21-36-38-35(24-39(36)23-30)28-17-14-27(15-18-28)34-22-29-19-16-26-10-5-6-11-31(26)37(29)33-13-8-7-12-32(33)34/h3-24H,1-2H2/b25-9+. The first kappa shape index (κ1) is 22.9. The van der Waals surface area contributed by atoms with E-state index in [2.05, 4.69) is 127 Å². The van der Waals surface area contributed by atoms with Crippen molar-refractivity contribution in [2.75, 3.05) is 0 Å². The molecule has 7 aromatic rings. The number of imidazole rings is 1. The minimum absolute atomic E-state index is 0.910. The van der Waals surface area contributed by atoms with Gasteiger partial charge in [0.25, 0.3) is 0 Å². The molecular weight excluding hydrogens is 472 g/mol. The number of hydrogen-bond donors (Lipinski definition) is 0. The molecule has 2 nitrogen and oxygen atoms in total. The summed E-state index contributed by atoms with van der Waals surface area (Å²) < 4.78 is 2.07. The van der Waals surface area contributed by atoms with Crippen molar-refractivity contribution >= 4 is 43.5 Å². The Labute approximate surface area is 227 Å². The zero-order valence-electron chi connectivity index (χ0n) is 21.5. The van der Waals surface area contributed by atoms with Gasteiger partial charge in [-0.05, 0) is 72.8 Å². The maximum absolute atomic E-state index is 4.87. The Bertz CT molecular complexity index is 2090. The molecule has 0 unspecified atom stereocenters. The summed E-state index contributed by atoms with van der Waals surface area (Å²) in [6.45, 7) is 7.74. The summed E-state index contributed by atoms with van der Waals surface area (Å²) in [7, 11) is 0. The third-order valence-electron chi connectivity index (χ3n) is 7.54. The molecule has 0 atom stereocenters. The van der Waals surface area contributed by atoms with Gasteiger partial charge in [0.15, 0.2) is 0 Å². The van der Waals surface area contributed by atoms with E-state index in [0.29, 0.717) is 0 Å². The van der Waals surface area contributed by atoms with Crippen LogP contribution in [0, 0.1) is 0 Å². The van der Waals surface area contributed by atoms with E-state index in [4.69, 9.17) is 4.98 Å². The van der Waals surface area contributed by atoms with E-state index < -0.39 is 0 Å². The quantitative estimate of drug-likeness (QED) is 0.170. The molecular formula is C37H26N2. The van der Waals surface area contributed by atoms with Crippen molar-refractivity contribution < 1.29 is 0 Å². The maximum Gasteiger partial charge on any atom is 0.137 e. The van der Waals surface area contributed by atoms with Gasteiger partial charge in [-0.1, -0.05) is 116 Å². The van der Waals surface area contributed by atoms with Gasteiger partial charge in [-0.15, -0.1) is 0 Å². The van der Waals surface area contributed by atoms with Crippen molar-refractivity contribution in [2.24, 2.45) is 0 Å². The third-order valence-corrected chi connectivity index (χ3v) is 7.54. The predicted molar refractivity (Wildman–Crippen MR) is 167 cm³/mol. The second kappa shape index (κ2) is 9.27. The molecule has 0 aliphatic carbocycles. The van der Waals surface area contributed by atoms with Crippen LogP contribution in [0.1, 0.15) is 5.56 Å². The summed E-state index contributed by atoms with van der Waals surface area (Å²) in [6, 6.07) is 37.1. The van der Waals surface area contributed by atoms with Crippen molar-refractivity contribution in [1.82, 2.24) is 9.38 Å². The molecule has 2 aromatic heterocycles. The summed E-state index contributed by atoms with van der Waals surface area (Å²) in [4.78, 5) is 4.87. The SMILES string of the molecule is C=C/C=C(\C=C)c1ccc2nc(-c3ccc(-c4cc5ccc6ccccc6c5c5ccccc45)cc3)cn2c1. The van der Waals surface area contributed by atoms with Gasteiger partial charge in [-0.3, -0.25) is 0 Å². The van der Waals surface area contributed by atoms with Crippen molar-refractivity contribution in [3.63, 3.8) is 0 Å². The third kappa shape index (κ3) is 3.86. The van der Waals surface area contributed by atoms with Crippen LogP contribution in [0.2, 0.25) is 0 Å². The summed E-state index contributed by atoms with van der Waals surface area (Å²) in [5.74, 6) is 0. The Morgan fingerprint density at radius 3 is 2.18 bits per heavy atom. The molecule has 0 radical (unpaired) electrons. The molecule has 0 aliphatic heterocycles. The number of allylic oxidation sites excluding steroid dienone is 4. The van der Waals surface area contributed by atoms with E-state index in [9.17, 15) is 0 Å². The van der Waals surface area contributed by atoms with Gasteiger partial charge in [-0.25, -0.2) is 4.98 Å². The first-order valence-electron chi connectivity index (χ1n) is 13.1. The molecule has 0 saturated carbocycles. The van der Waals surface area contributed by atoms with Crippen molar-refractivity contribution in [3.05, 3.63) is 152 Å². The van der Waals surface area contributed by atoms with Crippen LogP contribution >= 0.6 is 0 Å². The normalized spacial score (nSPS) is 11.9. The van der Waals surface area contributed by atoms with Crippen LogP contribution in [0.3, 0.4) is 0 Å². The van der Waals surface area contributed by atoms with Crippen LogP contribution in [0.25, 0.3) is 65.9 Å². The molecule has 39 heavy (non-hydrogen) atoms. The highest BCUT2D eigenvalue weighted by molar-refractivity contribution is 6.23. The Morgan fingerprint density at radius 1 is 0.667 bits per heavy atom. The number of pyridine rings is 1. The number of benzene rings is 5. The van der Waals surface area contributed by atoms with E-state index in [1.807, 2.05) is 18.2 Å². The molecule has 2 heteroatoms. The molecule has 0 bridgehead atoms. The van der Waals surface area contributed by atoms with E-state index in [0.717, 1.165) is 28.0 Å². The fourth-order valence-corrected chi connectivity index (χ4v) is 5.65. The Kier molecular flexibility index (Phi) is 5.45. The van der Waals surface area contributed by atoms with E-state index in [1.165, 1.54) is 43.4 Å².